The molecule has 1 aliphatic carbocycles. The molecule has 1 aliphatic heterocycles. The highest BCUT2D eigenvalue weighted by Gasteiger charge is 2.38. The summed E-state index contributed by atoms with van der Waals surface area (Å²) in [6, 6.07) is 8.26. The average molecular weight is 490 g/mol. The molecule has 3 aromatic rings. The van der Waals surface area contributed by atoms with Crippen LogP contribution < -0.4 is 10.3 Å². The molecule has 2 fully saturated rings. The van der Waals surface area contributed by atoms with Crippen LogP contribution in [0.3, 0.4) is 0 Å². The Bertz CT molecular complexity index is 1230. The zero-order valence-corrected chi connectivity index (χ0v) is 19.2. The zero-order chi connectivity index (χ0) is 24.6. The van der Waals surface area contributed by atoms with Gasteiger partial charge in [0.1, 0.15) is 11.3 Å². The molecule has 0 unspecified atom stereocenters. The predicted octanol–water partition coefficient (Wildman–Crippen LogP) is 2.97. The van der Waals surface area contributed by atoms with Crippen molar-refractivity contribution in [2.24, 2.45) is 0 Å². The van der Waals surface area contributed by atoms with Gasteiger partial charge in [-0.1, -0.05) is 5.16 Å². The number of hydrogen-bond acceptors (Lipinski definition) is 8. The monoisotopic (exact) mass is 490 g/mol. The van der Waals surface area contributed by atoms with Crippen LogP contribution in [0, 0.1) is 0 Å². The number of hydrogen-bond donors (Lipinski definition) is 0. The largest absolute Gasteiger partial charge is 0.497 e. The van der Waals surface area contributed by atoms with Crippen LogP contribution in [-0.2, 0) is 19.4 Å². The van der Waals surface area contributed by atoms with Gasteiger partial charge in [-0.05, 0) is 43.2 Å². The number of rotatable bonds is 7. The summed E-state index contributed by atoms with van der Waals surface area (Å²) in [7, 11) is 1.60. The second-order valence-electron chi connectivity index (χ2n) is 8.84. The summed E-state index contributed by atoms with van der Waals surface area (Å²) in [4.78, 5) is 21.0. The van der Waals surface area contributed by atoms with Crippen LogP contribution in [0.15, 0.2) is 39.6 Å². The van der Waals surface area contributed by atoms with E-state index in [0.29, 0.717) is 50.1 Å². The Hall–Kier alpha value is -3.25. The van der Waals surface area contributed by atoms with Crippen molar-refractivity contribution in [3.05, 3.63) is 57.8 Å². The van der Waals surface area contributed by atoms with E-state index < -0.39 is 17.3 Å². The summed E-state index contributed by atoms with van der Waals surface area (Å²) in [5.74, 6) is 1.72. The summed E-state index contributed by atoms with van der Waals surface area (Å²) in [5.41, 5.74) is -1.08. The molecule has 1 saturated carbocycles. The van der Waals surface area contributed by atoms with Gasteiger partial charge in [-0.15, -0.1) is 0 Å². The maximum atomic E-state index is 13.4. The number of ether oxygens (including phenoxy) is 1. The van der Waals surface area contributed by atoms with Crippen LogP contribution in [0.5, 0.6) is 5.75 Å². The van der Waals surface area contributed by atoms with Crippen molar-refractivity contribution in [2.75, 3.05) is 33.3 Å². The highest BCUT2D eigenvalue weighted by atomic mass is 19.4. The van der Waals surface area contributed by atoms with Crippen molar-refractivity contribution in [1.82, 2.24) is 29.7 Å². The summed E-state index contributed by atoms with van der Waals surface area (Å²) < 4.78 is 51.7. The standard InChI is InChI=1S/C23H25F3N6O3/c1-34-17-6-4-16(5-7-17)21-27-20(35-29-21)13-30-8-10-31(11-9-30)14-32-22(33)18(23(24,25)26)12-19(28-32)15-2-3-15/h4-7,12,15H,2-3,8-11,13-14H2,1H3. The van der Waals surface area contributed by atoms with Gasteiger partial charge in [0, 0.05) is 37.7 Å². The molecule has 0 bridgehead atoms. The maximum Gasteiger partial charge on any atom is 0.421 e. The van der Waals surface area contributed by atoms with E-state index >= 15 is 0 Å². The van der Waals surface area contributed by atoms with Gasteiger partial charge in [0.05, 0.1) is 26.0 Å². The van der Waals surface area contributed by atoms with Crippen LogP contribution in [-0.4, -0.2) is 63.0 Å². The molecule has 0 amide bonds. The van der Waals surface area contributed by atoms with Gasteiger partial charge in [-0.2, -0.15) is 23.3 Å². The molecule has 0 spiro atoms. The fourth-order valence-electron chi connectivity index (χ4n) is 4.09. The first kappa shape index (κ1) is 23.5. The summed E-state index contributed by atoms with van der Waals surface area (Å²) in [5, 5.41) is 8.28. The Morgan fingerprint density at radius 3 is 2.40 bits per heavy atom. The Kier molecular flexibility index (Phi) is 6.32. The van der Waals surface area contributed by atoms with Crippen LogP contribution in [0.25, 0.3) is 11.4 Å². The van der Waals surface area contributed by atoms with Crippen molar-refractivity contribution in [1.29, 1.82) is 0 Å². The van der Waals surface area contributed by atoms with Crippen LogP contribution in [0.2, 0.25) is 0 Å². The third kappa shape index (κ3) is 5.38. The second-order valence-corrected chi connectivity index (χ2v) is 8.84. The lowest BCUT2D eigenvalue weighted by molar-refractivity contribution is -0.139. The highest BCUT2D eigenvalue weighted by molar-refractivity contribution is 5.55. The molecule has 0 radical (unpaired) electrons. The number of alkyl halides is 3. The number of nitrogens with zero attached hydrogens (tertiary/aromatic N) is 6. The summed E-state index contributed by atoms with van der Waals surface area (Å²) in [6.45, 7) is 2.92. The second kappa shape index (κ2) is 9.42. The van der Waals surface area contributed by atoms with E-state index in [1.807, 2.05) is 29.2 Å². The first-order valence-electron chi connectivity index (χ1n) is 11.4. The van der Waals surface area contributed by atoms with Crippen LogP contribution in [0.4, 0.5) is 13.2 Å². The Morgan fingerprint density at radius 1 is 1.09 bits per heavy atom. The summed E-state index contributed by atoms with van der Waals surface area (Å²) >= 11 is 0. The normalized spacial score (nSPS) is 17.6. The minimum Gasteiger partial charge on any atom is -0.497 e. The lowest BCUT2D eigenvalue weighted by Gasteiger charge is -2.33. The first-order valence-corrected chi connectivity index (χ1v) is 11.4. The van der Waals surface area contributed by atoms with Gasteiger partial charge >= 0.3 is 6.18 Å². The van der Waals surface area contributed by atoms with Crippen LogP contribution >= 0.6 is 0 Å². The van der Waals surface area contributed by atoms with Crippen molar-refractivity contribution in [3.63, 3.8) is 0 Å². The van der Waals surface area contributed by atoms with Gasteiger partial charge in [0.2, 0.25) is 11.7 Å². The van der Waals surface area contributed by atoms with Crippen molar-refractivity contribution >= 4 is 0 Å². The van der Waals surface area contributed by atoms with Gasteiger partial charge < -0.3 is 9.26 Å². The minimum absolute atomic E-state index is 0.0111. The molecule has 0 atom stereocenters. The van der Waals surface area contributed by atoms with E-state index in [1.54, 1.807) is 7.11 Å². The number of piperazine rings is 1. The third-order valence-corrected chi connectivity index (χ3v) is 6.27. The van der Waals surface area contributed by atoms with Crippen molar-refractivity contribution in [3.8, 4) is 17.1 Å². The molecule has 0 N–H and O–H groups in total. The Morgan fingerprint density at radius 2 is 1.77 bits per heavy atom. The zero-order valence-electron chi connectivity index (χ0n) is 19.2. The van der Waals surface area contributed by atoms with E-state index in [4.69, 9.17) is 9.26 Å². The molecule has 5 rings (SSSR count). The van der Waals surface area contributed by atoms with Gasteiger partial charge in [0.15, 0.2) is 0 Å². The quantitative estimate of drug-likeness (QED) is 0.500. The van der Waals surface area contributed by atoms with E-state index in [2.05, 4.69) is 20.1 Å². The van der Waals surface area contributed by atoms with E-state index in [9.17, 15) is 18.0 Å². The van der Waals surface area contributed by atoms with Gasteiger partial charge in [0.25, 0.3) is 5.56 Å². The van der Waals surface area contributed by atoms with Crippen molar-refractivity contribution < 1.29 is 22.4 Å². The van der Waals surface area contributed by atoms with Crippen molar-refractivity contribution in [2.45, 2.75) is 38.1 Å². The molecule has 12 heteroatoms. The molecule has 3 heterocycles. The lowest BCUT2D eigenvalue weighted by atomic mass is 10.2. The predicted molar refractivity (Wildman–Crippen MR) is 119 cm³/mol. The Balaban J connectivity index is 1.20. The topological polar surface area (TPSA) is 89.5 Å². The first-order chi connectivity index (χ1) is 16.8. The van der Waals surface area contributed by atoms with Crippen LogP contribution in [0.1, 0.15) is 35.9 Å². The highest BCUT2D eigenvalue weighted by Crippen LogP contribution is 2.40. The SMILES string of the molecule is COc1ccc(-c2noc(CN3CCN(Cn4nc(C5CC5)cc(C(F)(F)F)c4=O)CC3)n2)cc1. The van der Waals surface area contributed by atoms with E-state index in [1.165, 1.54) is 0 Å². The molecule has 1 saturated heterocycles. The molecule has 2 aliphatic rings. The lowest BCUT2D eigenvalue weighted by Crippen LogP contribution is -2.48. The number of halogens is 3. The smallest absolute Gasteiger partial charge is 0.421 e. The van der Waals surface area contributed by atoms with E-state index in [0.717, 1.165) is 34.9 Å². The maximum absolute atomic E-state index is 13.4. The fourth-order valence-corrected chi connectivity index (χ4v) is 4.09. The minimum atomic E-state index is -4.70. The third-order valence-electron chi connectivity index (χ3n) is 6.27. The van der Waals surface area contributed by atoms with Gasteiger partial charge in [-0.3, -0.25) is 14.6 Å². The number of benzene rings is 1. The molecule has 2 aromatic heterocycles. The molecule has 1 aromatic carbocycles. The molecular weight excluding hydrogens is 465 g/mol. The average Bonchev–Trinajstić information content (AvgIpc) is 3.59. The fraction of sp³-hybridized carbons (Fsp3) is 0.478. The van der Waals surface area contributed by atoms with Gasteiger partial charge in [-0.25, -0.2) is 4.68 Å². The molecule has 186 valence electrons. The van der Waals surface area contributed by atoms with E-state index in [-0.39, 0.29) is 12.6 Å². The number of aromatic nitrogens is 4. The number of methoxy groups -OCH3 is 1. The molecule has 35 heavy (non-hydrogen) atoms. The molecule has 9 nitrogen and oxygen atoms in total. The Labute approximate surface area is 199 Å². The summed E-state index contributed by atoms with van der Waals surface area (Å²) in [6.07, 6.45) is -3.09. The molecular formula is C23H25F3N6O3.